The molecule has 1 fully saturated rings. The molecule has 1 heterocycles. The van der Waals surface area contributed by atoms with E-state index in [1.807, 2.05) is 24.3 Å². The molecule has 1 aliphatic rings. The van der Waals surface area contributed by atoms with Gasteiger partial charge in [0.15, 0.2) is 0 Å². The number of carbonyl (C=O) groups is 2. The third kappa shape index (κ3) is 5.45. The van der Waals surface area contributed by atoms with E-state index < -0.39 is 6.10 Å². The average molecular weight is 451 g/mol. The van der Waals surface area contributed by atoms with Crippen LogP contribution in [0.15, 0.2) is 42.5 Å². The van der Waals surface area contributed by atoms with Gasteiger partial charge in [0.2, 0.25) is 0 Å². The highest BCUT2D eigenvalue weighted by molar-refractivity contribution is 6.36. The monoisotopic (exact) mass is 450 g/mol. The van der Waals surface area contributed by atoms with Gasteiger partial charge in [-0.15, -0.1) is 0 Å². The fourth-order valence-corrected chi connectivity index (χ4v) is 3.76. The lowest BCUT2D eigenvalue weighted by Crippen LogP contribution is -2.52. The average Bonchev–Trinajstić information content (AvgIpc) is 2.76. The Balaban J connectivity index is 1.51. The van der Waals surface area contributed by atoms with Gasteiger partial charge in [-0.2, -0.15) is 0 Å². The summed E-state index contributed by atoms with van der Waals surface area (Å²) < 4.78 is 11.0. The van der Waals surface area contributed by atoms with Gasteiger partial charge < -0.3 is 19.3 Å². The van der Waals surface area contributed by atoms with E-state index in [-0.39, 0.29) is 11.8 Å². The van der Waals surface area contributed by atoms with Crippen molar-refractivity contribution in [1.29, 1.82) is 0 Å². The Kier molecular flexibility index (Phi) is 7.58. The first-order chi connectivity index (χ1) is 14.4. The van der Waals surface area contributed by atoms with Crippen LogP contribution in [0.25, 0.3) is 0 Å². The number of benzene rings is 2. The van der Waals surface area contributed by atoms with E-state index in [0.29, 0.717) is 48.4 Å². The Morgan fingerprint density at radius 3 is 2.40 bits per heavy atom. The van der Waals surface area contributed by atoms with Crippen LogP contribution >= 0.6 is 23.2 Å². The molecule has 0 bridgehead atoms. The van der Waals surface area contributed by atoms with Crippen molar-refractivity contribution in [3.05, 3.63) is 63.6 Å². The zero-order chi connectivity index (χ0) is 21.7. The van der Waals surface area contributed by atoms with Crippen molar-refractivity contribution in [1.82, 2.24) is 9.80 Å². The largest absolute Gasteiger partial charge is 0.497 e. The molecule has 1 saturated heterocycles. The van der Waals surface area contributed by atoms with Crippen LogP contribution in [-0.2, 0) is 16.1 Å². The number of rotatable bonds is 6. The number of methoxy groups -OCH3 is 1. The van der Waals surface area contributed by atoms with Gasteiger partial charge in [-0.3, -0.25) is 9.59 Å². The highest BCUT2D eigenvalue weighted by Crippen LogP contribution is 2.23. The molecule has 3 rings (SSSR count). The number of hydrogen-bond acceptors (Lipinski definition) is 4. The van der Waals surface area contributed by atoms with Gasteiger partial charge in [0.1, 0.15) is 11.9 Å². The molecule has 0 N–H and O–H groups in total. The maximum Gasteiger partial charge on any atom is 0.255 e. The minimum absolute atomic E-state index is 0.0884. The van der Waals surface area contributed by atoms with Gasteiger partial charge in [0, 0.05) is 31.2 Å². The topological polar surface area (TPSA) is 59.1 Å². The molecule has 0 radical (unpaired) electrons. The van der Waals surface area contributed by atoms with Crippen molar-refractivity contribution in [3.63, 3.8) is 0 Å². The number of hydrogen-bond donors (Lipinski definition) is 0. The number of nitrogens with zero attached hydrogens (tertiary/aromatic N) is 2. The van der Waals surface area contributed by atoms with Crippen LogP contribution in [0.1, 0.15) is 22.8 Å². The van der Waals surface area contributed by atoms with E-state index in [0.717, 1.165) is 11.3 Å². The number of piperazine rings is 1. The number of carbonyl (C=O) groups excluding carboxylic acids is 2. The molecule has 30 heavy (non-hydrogen) atoms. The fourth-order valence-electron chi connectivity index (χ4n) is 3.28. The smallest absolute Gasteiger partial charge is 0.255 e. The molecule has 0 spiro atoms. The van der Waals surface area contributed by atoms with Crippen molar-refractivity contribution >= 4 is 35.0 Å². The maximum atomic E-state index is 12.7. The van der Waals surface area contributed by atoms with Gasteiger partial charge in [-0.05, 0) is 42.8 Å². The zero-order valence-electron chi connectivity index (χ0n) is 16.9. The quantitative estimate of drug-likeness (QED) is 0.669. The third-order valence-corrected chi connectivity index (χ3v) is 5.57. The molecular formula is C22H24Cl2N2O4. The molecular weight excluding hydrogens is 427 g/mol. The molecule has 8 heteroatoms. The van der Waals surface area contributed by atoms with Gasteiger partial charge in [-0.25, -0.2) is 0 Å². The van der Waals surface area contributed by atoms with Crippen LogP contribution in [0.2, 0.25) is 10.0 Å². The van der Waals surface area contributed by atoms with E-state index in [9.17, 15) is 9.59 Å². The van der Waals surface area contributed by atoms with E-state index in [4.69, 9.17) is 32.7 Å². The van der Waals surface area contributed by atoms with Crippen LogP contribution in [0.3, 0.4) is 0 Å². The van der Waals surface area contributed by atoms with Gasteiger partial charge in [0.25, 0.3) is 11.8 Å². The Hall–Kier alpha value is -2.28. The normalized spacial score (nSPS) is 15.1. The highest BCUT2D eigenvalue weighted by atomic mass is 35.5. The second-order valence-corrected chi connectivity index (χ2v) is 7.89. The summed E-state index contributed by atoms with van der Waals surface area (Å²) in [6.07, 6.45) is -0.579. The third-order valence-electron chi connectivity index (χ3n) is 5.02. The Labute approximate surface area is 186 Å². The minimum Gasteiger partial charge on any atom is -0.497 e. The van der Waals surface area contributed by atoms with Crippen molar-refractivity contribution in [2.45, 2.75) is 19.6 Å². The van der Waals surface area contributed by atoms with E-state index >= 15 is 0 Å². The molecule has 2 aromatic rings. The summed E-state index contributed by atoms with van der Waals surface area (Å²) in [5.41, 5.74) is 1.35. The molecule has 0 saturated carbocycles. The molecule has 0 aliphatic carbocycles. The van der Waals surface area contributed by atoms with E-state index in [1.165, 1.54) is 0 Å². The standard InChI is InChI=1S/C22H24Cl2N2O4/c1-15(30-14-16-4-3-5-18(12-16)29-2)21(27)25-8-10-26(11-9-25)22(28)19-7-6-17(23)13-20(19)24/h3-7,12-13,15H,8-11,14H2,1-2H3. The summed E-state index contributed by atoms with van der Waals surface area (Å²) in [6.45, 7) is 3.83. The first kappa shape index (κ1) is 22.4. The van der Waals surface area contributed by atoms with Gasteiger partial charge in [-0.1, -0.05) is 35.3 Å². The summed E-state index contributed by atoms with van der Waals surface area (Å²) in [4.78, 5) is 28.9. The summed E-state index contributed by atoms with van der Waals surface area (Å²) in [5, 5.41) is 0.806. The van der Waals surface area contributed by atoms with Crippen LogP contribution in [-0.4, -0.2) is 61.0 Å². The lowest BCUT2D eigenvalue weighted by Gasteiger charge is -2.36. The summed E-state index contributed by atoms with van der Waals surface area (Å²) in [7, 11) is 1.61. The van der Waals surface area contributed by atoms with Crippen LogP contribution < -0.4 is 4.74 Å². The molecule has 2 amide bonds. The molecule has 6 nitrogen and oxygen atoms in total. The van der Waals surface area contributed by atoms with Crippen LogP contribution in [0.4, 0.5) is 0 Å². The lowest BCUT2D eigenvalue weighted by molar-refractivity contribution is -0.144. The van der Waals surface area contributed by atoms with E-state index in [2.05, 4.69) is 0 Å². The Morgan fingerprint density at radius 2 is 1.73 bits per heavy atom. The van der Waals surface area contributed by atoms with Crippen LogP contribution in [0.5, 0.6) is 5.75 Å². The Morgan fingerprint density at radius 1 is 1.03 bits per heavy atom. The summed E-state index contributed by atoms with van der Waals surface area (Å²) in [5.74, 6) is 0.497. The second kappa shape index (κ2) is 10.2. The molecule has 0 aromatic heterocycles. The molecule has 2 aromatic carbocycles. The predicted octanol–water partition coefficient (Wildman–Crippen LogP) is 3.89. The predicted molar refractivity (Wildman–Crippen MR) is 116 cm³/mol. The van der Waals surface area contributed by atoms with Crippen molar-refractivity contribution in [2.24, 2.45) is 0 Å². The van der Waals surface area contributed by atoms with Crippen molar-refractivity contribution in [2.75, 3.05) is 33.3 Å². The van der Waals surface area contributed by atoms with Crippen molar-refractivity contribution in [3.8, 4) is 5.75 Å². The van der Waals surface area contributed by atoms with E-state index in [1.54, 1.807) is 42.0 Å². The van der Waals surface area contributed by atoms with Gasteiger partial charge in [0.05, 0.1) is 24.3 Å². The Bertz CT molecular complexity index is 914. The van der Waals surface area contributed by atoms with Gasteiger partial charge >= 0.3 is 0 Å². The molecule has 160 valence electrons. The summed E-state index contributed by atoms with van der Waals surface area (Å²) in [6, 6.07) is 12.4. The molecule has 1 aliphatic heterocycles. The first-order valence-electron chi connectivity index (χ1n) is 9.66. The maximum absolute atomic E-state index is 12.7. The highest BCUT2D eigenvalue weighted by Gasteiger charge is 2.28. The van der Waals surface area contributed by atoms with Crippen molar-refractivity contribution < 1.29 is 19.1 Å². The SMILES string of the molecule is COc1cccc(COC(C)C(=O)N2CCN(C(=O)c3ccc(Cl)cc3Cl)CC2)c1. The van der Waals surface area contributed by atoms with Crippen LogP contribution in [0, 0.1) is 0 Å². The lowest BCUT2D eigenvalue weighted by atomic mass is 10.1. The zero-order valence-corrected chi connectivity index (χ0v) is 18.4. The fraction of sp³-hybridized carbons (Fsp3) is 0.364. The summed E-state index contributed by atoms with van der Waals surface area (Å²) >= 11 is 12.0. The molecule has 1 atom stereocenters. The number of amides is 2. The molecule has 1 unspecified atom stereocenters. The second-order valence-electron chi connectivity index (χ2n) is 7.05. The number of ether oxygens (including phenoxy) is 2. The first-order valence-corrected chi connectivity index (χ1v) is 10.4. The minimum atomic E-state index is -0.579. The number of halogens is 2.